The lowest BCUT2D eigenvalue weighted by atomic mass is 9.78. The molecule has 1 aliphatic rings. The minimum absolute atomic E-state index is 0.0344. The third-order valence-electron chi connectivity index (χ3n) is 10.2. The Morgan fingerprint density at radius 2 is 1.72 bits per heavy atom. The van der Waals surface area contributed by atoms with E-state index in [2.05, 4.69) is 31.1 Å². The molecule has 2 unspecified atom stereocenters. The summed E-state index contributed by atoms with van der Waals surface area (Å²) in [6.45, 7) is 8.92. The van der Waals surface area contributed by atoms with Gasteiger partial charge in [-0.1, -0.05) is 70.9 Å². The molecule has 0 spiro atoms. The molecule has 5 atom stereocenters. The molecule has 0 fully saturated rings. The van der Waals surface area contributed by atoms with E-state index in [1.165, 1.54) is 30.3 Å². The number of H-pyrrole nitrogens is 1. The molecule has 3 amide bonds. The van der Waals surface area contributed by atoms with Gasteiger partial charge in [0.25, 0.3) is 5.82 Å². The van der Waals surface area contributed by atoms with Gasteiger partial charge in [0.15, 0.2) is 0 Å². The summed E-state index contributed by atoms with van der Waals surface area (Å²) in [6, 6.07) is 7.45. The summed E-state index contributed by atoms with van der Waals surface area (Å²) in [4.78, 5) is 61.7. The summed E-state index contributed by atoms with van der Waals surface area (Å²) in [5.41, 5.74) is -1.70. The quantitative estimate of drug-likeness (QED) is 0.0911. The predicted octanol–water partition coefficient (Wildman–Crippen LogP) is 5.91. The maximum absolute atomic E-state index is 14.7. The van der Waals surface area contributed by atoms with Gasteiger partial charge in [-0.25, -0.2) is 9.18 Å². The highest BCUT2D eigenvalue weighted by Gasteiger charge is 2.47. The average Bonchev–Trinajstić information content (AvgIpc) is 3.78. The number of esters is 1. The topological polar surface area (TPSA) is 168 Å². The lowest BCUT2D eigenvalue weighted by molar-refractivity contribution is -0.137. The molecule has 2 aromatic heterocycles. The molecule has 54 heavy (non-hydrogen) atoms. The van der Waals surface area contributed by atoms with Crippen LogP contribution in [0.5, 0.6) is 0 Å². The molecule has 0 aliphatic heterocycles. The lowest BCUT2D eigenvalue weighted by Gasteiger charge is -2.39. The largest absolute Gasteiger partial charge is 0.460 e. The zero-order chi connectivity index (χ0) is 39.4. The summed E-state index contributed by atoms with van der Waals surface area (Å²) in [6.07, 6.45) is -4.19. The highest BCUT2D eigenvalue weighted by molar-refractivity contribution is 5.97. The smallest absolute Gasteiger partial charge is 0.418 e. The van der Waals surface area contributed by atoms with Gasteiger partial charge in [0.2, 0.25) is 23.6 Å². The monoisotopic (exact) mass is 756 g/mol. The number of hydrogen-bond donors (Lipinski definition) is 4. The highest BCUT2D eigenvalue weighted by Crippen LogP contribution is 2.40. The number of halogens is 4. The molecule has 12 nitrogen and oxygen atoms in total. The van der Waals surface area contributed by atoms with Crippen LogP contribution in [0.1, 0.15) is 98.8 Å². The maximum Gasteiger partial charge on any atom is 0.418 e. The number of alkyl halides is 3. The fourth-order valence-corrected chi connectivity index (χ4v) is 6.72. The Morgan fingerprint density at radius 1 is 1.00 bits per heavy atom. The molecule has 16 heteroatoms. The first-order valence-corrected chi connectivity index (χ1v) is 18.0. The van der Waals surface area contributed by atoms with E-state index in [-0.39, 0.29) is 66.4 Å². The number of aromatic nitrogens is 3. The summed E-state index contributed by atoms with van der Waals surface area (Å²) >= 11 is 0. The van der Waals surface area contributed by atoms with Crippen LogP contribution in [0.15, 0.2) is 47.0 Å². The Kier molecular flexibility index (Phi) is 12.1. The van der Waals surface area contributed by atoms with E-state index in [4.69, 9.17) is 9.26 Å². The number of benzene rings is 2. The zero-order valence-electron chi connectivity index (χ0n) is 30.7. The predicted molar refractivity (Wildman–Crippen MR) is 188 cm³/mol. The molecule has 0 saturated heterocycles. The van der Waals surface area contributed by atoms with Crippen molar-refractivity contribution in [2.24, 2.45) is 11.8 Å². The first kappa shape index (κ1) is 39.9. The number of carbonyl (C=O) groups excluding carboxylic acids is 4. The number of fused-ring (bicyclic) bond motifs is 3. The molecule has 5 rings (SSSR count). The fraction of sp³-hybridized carbons (Fsp3) is 0.474. The van der Waals surface area contributed by atoms with E-state index in [1.54, 1.807) is 19.9 Å². The number of para-hydroxylation sites is 1. The summed E-state index contributed by atoms with van der Waals surface area (Å²) < 4.78 is 66.9. The minimum Gasteiger partial charge on any atom is -0.460 e. The first-order chi connectivity index (χ1) is 25.6. The second-order valence-corrected chi connectivity index (χ2v) is 13.8. The Hall–Kier alpha value is -5.28. The van der Waals surface area contributed by atoms with Crippen LogP contribution < -0.4 is 16.0 Å². The van der Waals surface area contributed by atoms with Gasteiger partial charge in [-0.05, 0) is 60.0 Å². The van der Waals surface area contributed by atoms with E-state index in [9.17, 15) is 36.7 Å². The molecular formula is C38H44F4N6O6. The summed E-state index contributed by atoms with van der Waals surface area (Å²) in [7, 11) is 0. The second-order valence-electron chi connectivity index (χ2n) is 13.8. The third kappa shape index (κ3) is 8.42. The molecule has 1 aliphatic carbocycles. The standard InChI is InChI=1S/C38H44F4N6O6/c1-6-20(4)29(44-28(49)18-22-12-9-10-15-26(22)39)33(50)47-37(17-16-27-24(19-37)23-13-11-14-25(31(23)43-27)38(40,41)42)36(52)45-30(21(5)7-2)34-46-32(48-54-34)35(51)53-8-3/h9-15,20-21,29-30,43H,6-8,16-19H2,1-5H3,(H,44,49)(H,45,52)(H,47,50)/t20?,21?,29-,30-,37+/m0/s1. The van der Waals surface area contributed by atoms with Gasteiger partial charge in [-0.15, -0.1) is 0 Å². The van der Waals surface area contributed by atoms with E-state index >= 15 is 0 Å². The van der Waals surface area contributed by atoms with Gasteiger partial charge in [0.1, 0.15) is 23.4 Å². The number of nitrogens with zero attached hydrogens (tertiary/aromatic N) is 2. The van der Waals surface area contributed by atoms with Crippen molar-refractivity contribution in [1.29, 1.82) is 0 Å². The Balaban J connectivity index is 1.53. The SMILES string of the molecule is CCOC(=O)c1noc([C@@H](NC(=O)[C@@]2(NC(=O)[C@@H](NC(=O)Cc3ccccc3F)C(C)CC)CCc3[nH]c4c(C(F)(F)F)cccc4c3C2)C(C)CC)n1. The van der Waals surface area contributed by atoms with Crippen LogP contribution in [-0.4, -0.2) is 57.0 Å². The Bertz CT molecular complexity index is 2010. The normalized spacial score (nSPS) is 17.9. The molecule has 4 aromatic rings. The van der Waals surface area contributed by atoms with E-state index in [1.807, 2.05) is 20.8 Å². The lowest BCUT2D eigenvalue weighted by Crippen LogP contribution is -2.65. The number of amides is 3. The van der Waals surface area contributed by atoms with Crippen molar-refractivity contribution >= 4 is 34.6 Å². The van der Waals surface area contributed by atoms with Gasteiger partial charge in [-0.3, -0.25) is 14.4 Å². The number of aromatic amines is 1. The highest BCUT2D eigenvalue weighted by atomic mass is 19.4. The van der Waals surface area contributed by atoms with Crippen LogP contribution in [0.4, 0.5) is 17.6 Å². The fourth-order valence-electron chi connectivity index (χ4n) is 6.72. The minimum atomic E-state index is -4.66. The van der Waals surface area contributed by atoms with Crippen LogP contribution in [-0.2, 0) is 44.6 Å². The molecule has 2 heterocycles. The molecule has 4 N–H and O–H groups in total. The van der Waals surface area contributed by atoms with Crippen molar-refractivity contribution in [1.82, 2.24) is 31.1 Å². The Labute approximate surface area is 309 Å². The van der Waals surface area contributed by atoms with Crippen LogP contribution in [0.2, 0.25) is 0 Å². The average molecular weight is 757 g/mol. The van der Waals surface area contributed by atoms with Crippen molar-refractivity contribution in [3.05, 3.63) is 82.4 Å². The number of ether oxygens (including phenoxy) is 1. The van der Waals surface area contributed by atoms with Gasteiger partial charge >= 0.3 is 12.1 Å². The van der Waals surface area contributed by atoms with Crippen molar-refractivity contribution in [3.63, 3.8) is 0 Å². The first-order valence-electron chi connectivity index (χ1n) is 18.0. The van der Waals surface area contributed by atoms with Gasteiger partial charge in [0.05, 0.1) is 24.1 Å². The molecule has 2 aromatic carbocycles. The van der Waals surface area contributed by atoms with Crippen molar-refractivity contribution in [3.8, 4) is 0 Å². The second kappa shape index (κ2) is 16.4. The number of rotatable bonds is 14. The van der Waals surface area contributed by atoms with E-state index in [0.29, 0.717) is 24.1 Å². The number of nitrogens with one attached hydrogen (secondary N) is 4. The third-order valence-corrected chi connectivity index (χ3v) is 10.2. The number of aryl methyl sites for hydroxylation is 1. The zero-order valence-corrected chi connectivity index (χ0v) is 30.7. The summed E-state index contributed by atoms with van der Waals surface area (Å²) in [5, 5.41) is 12.5. The van der Waals surface area contributed by atoms with Crippen LogP contribution in [0.25, 0.3) is 10.9 Å². The molecule has 0 radical (unpaired) electrons. The molecule has 0 saturated carbocycles. The van der Waals surface area contributed by atoms with Gasteiger partial charge in [0, 0.05) is 17.5 Å². The molecule has 290 valence electrons. The number of carbonyl (C=O) groups is 4. The molecular weight excluding hydrogens is 712 g/mol. The van der Waals surface area contributed by atoms with Crippen molar-refractivity contribution in [2.75, 3.05) is 6.61 Å². The van der Waals surface area contributed by atoms with Crippen LogP contribution in [0.3, 0.4) is 0 Å². The maximum atomic E-state index is 14.7. The van der Waals surface area contributed by atoms with Crippen molar-refractivity contribution < 1.29 is 46.0 Å². The summed E-state index contributed by atoms with van der Waals surface area (Å²) in [5.74, 6) is -4.62. The van der Waals surface area contributed by atoms with Crippen LogP contribution in [0, 0.1) is 17.7 Å². The van der Waals surface area contributed by atoms with Gasteiger partial charge < -0.3 is 30.2 Å². The van der Waals surface area contributed by atoms with E-state index in [0.717, 1.165) is 6.07 Å². The molecule has 0 bridgehead atoms. The van der Waals surface area contributed by atoms with E-state index < -0.39 is 64.8 Å². The Morgan fingerprint density at radius 3 is 2.39 bits per heavy atom. The van der Waals surface area contributed by atoms with Gasteiger partial charge in [-0.2, -0.15) is 18.2 Å². The van der Waals surface area contributed by atoms with Crippen molar-refractivity contribution in [2.45, 2.75) is 96.9 Å². The van der Waals surface area contributed by atoms with Crippen LogP contribution >= 0.6 is 0 Å². The number of hydrogen-bond acceptors (Lipinski definition) is 8.